The van der Waals surface area contributed by atoms with E-state index in [-0.39, 0.29) is 24.0 Å². The Morgan fingerprint density at radius 3 is 2.27 bits per heavy atom. The number of carbonyl (C=O) groups excluding carboxylic acids is 2. The van der Waals surface area contributed by atoms with Crippen LogP contribution in [0.15, 0.2) is 10.5 Å². The third-order valence-electron chi connectivity index (χ3n) is 6.98. The summed E-state index contributed by atoms with van der Waals surface area (Å²) in [6.07, 6.45) is 7.90. The fourth-order valence-electron chi connectivity index (χ4n) is 6.19. The SMILES string of the molecule is Cc1cc(C(=O)OCC(=O)N[C@H](C)C23CC4CC(CC(C4)C2)C3)c(C)o1. The van der Waals surface area contributed by atoms with Gasteiger partial charge in [-0.3, -0.25) is 4.79 Å². The van der Waals surface area contributed by atoms with Crippen molar-refractivity contribution in [2.24, 2.45) is 23.2 Å². The molecule has 0 unspecified atom stereocenters. The van der Waals surface area contributed by atoms with Crippen LogP contribution in [0.3, 0.4) is 0 Å². The maximum Gasteiger partial charge on any atom is 0.342 e. The third-order valence-corrected chi connectivity index (χ3v) is 6.98. The molecule has 5 heteroatoms. The summed E-state index contributed by atoms with van der Waals surface area (Å²) in [5, 5.41) is 3.12. The van der Waals surface area contributed by atoms with Crippen LogP contribution in [0.25, 0.3) is 0 Å². The van der Waals surface area contributed by atoms with E-state index in [9.17, 15) is 9.59 Å². The van der Waals surface area contributed by atoms with E-state index in [1.807, 2.05) is 0 Å². The van der Waals surface area contributed by atoms with Crippen LogP contribution in [0.4, 0.5) is 0 Å². The van der Waals surface area contributed by atoms with Gasteiger partial charge < -0.3 is 14.5 Å². The summed E-state index contributed by atoms with van der Waals surface area (Å²) in [7, 11) is 0. The Labute approximate surface area is 154 Å². The molecule has 0 aromatic carbocycles. The summed E-state index contributed by atoms with van der Waals surface area (Å²) in [6, 6.07) is 1.79. The average Bonchev–Trinajstić information content (AvgIpc) is 2.90. The summed E-state index contributed by atoms with van der Waals surface area (Å²) < 4.78 is 10.5. The van der Waals surface area contributed by atoms with Crippen molar-refractivity contribution < 1.29 is 18.7 Å². The Balaban J connectivity index is 1.32. The molecule has 4 aliphatic carbocycles. The standard InChI is InChI=1S/C21H29NO4/c1-12-4-18(13(2)26-12)20(24)25-11-19(23)22-14(3)21-8-15-5-16(9-21)7-17(6-15)10-21/h4,14-17H,5-11H2,1-3H3,(H,22,23)/t14-,15?,16?,17?,21?/m1/s1. The molecular weight excluding hydrogens is 330 g/mol. The number of carbonyl (C=O) groups is 2. The number of furan rings is 1. The predicted molar refractivity (Wildman–Crippen MR) is 96.7 cm³/mol. The number of hydrogen-bond acceptors (Lipinski definition) is 4. The first-order valence-electron chi connectivity index (χ1n) is 9.88. The van der Waals surface area contributed by atoms with Crippen LogP contribution in [0.5, 0.6) is 0 Å². The molecule has 142 valence electrons. The maximum atomic E-state index is 12.4. The van der Waals surface area contributed by atoms with Crippen molar-refractivity contribution in [2.45, 2.75) is 65.3 Å². The lowest BCUT2D eigenvalue weighted by atomic mass is 9.48. The van der Waals surface area contributed by atoms with Crippen LogP contribution in [-0.2, 0) is 9.53 Å². The van der Waals surface area contributed by atoms with Crippen molar-refractivity contribution >= 4 is 11.9 Å². The van der Waals surface area contributed by atoms with Crippen LogP contribution in [0.1, 0.15) is 67.3 Å². The second kappa shape index (κ2) is 6.43. The monoisotopic (exact) mass is 359 g/mol. The molecule has 4 bridgehead atoms. The summed E-state index contributed by atoms with van der Waals surface area (Å²) in [5.74, 6) is 3.03. The number of rotatable bonds is 5. The minimum Gasteiger partial charge on any atom is -0.466 e. The highest BCUT2D eigenvalue weighted by Gasteiger charge is 2.53. The topological polar surface area (TPSA) is 68.5 Å². The molecule has 5 rings (SSSR count). The van der Waals surface area contributed by atoms with E-state index < -0.39 is 5.97 Å². The first-order valence-corrected chi connectivity index (χ1v) is 9.88. The number of esters is 1. The van der Waals surface area contributed by atoms with Crippen molar-refractivity contribution in [1.29, 1.82) is 0 Å². The fourth-order valence-corrected chi connectivity index (χ4v) is 6.19. The zero-order valence-corrected chi connectivity index (χ0v) is 16.0. The average molecular weight is 359 g/mol. The van der Waals surface area contributed by atoms with Gasteiger partial charge in [0.25, 0.3) is 5.91 Å². The van der Waals surface area contributed by atoms with Gasteiger partial charge in [0.2, 0.25) is 0 Å². The lowest BCUT2D eigenvalue weighted by molar-refractivity contribution is -0.128. The summed E-state index contributed by atoms with van der Waals surface area (Å²) in [5.41, 5.74) is 0.650. The van der Waals surface area contributed by atoms with Crippen molar-refractivity contribution in [3.05, 3.63) is 23.2 Å². The molecule has 1 aromatic rings. The molecule has 0 saturated heterocycles. The van der Waals surface area contributed by atoms with Gasteiger partial charge in [0.15, 0.2) is 6.61 Å². The third kappa shape index (κ3) is 3.17. The Hall–Kier alpha value is -1.78. The number of amides is 1. The number of hydrogen-bond donors (Lipinski definition) is 1. The number of ether oxygens (including phenoxy) is 1. The highest BCUT2D eigenvalue weighted by atomic mass is 16.5. The Bertz CT molecular complexity index is 684. The van der Waals surface area contributed by atoms with Crippen molar-refractivity contribution in [1.82, 2.24) is 5.32 Å². The van der Waals surface area contributed by atoms with Crippen LogP contribution in [0.2, 0.25) is 0 Å². The second-order valence-electron chi connectivity index (χ2n) is 8.97. The molecule has 1 atom stereocenters. The quantitative estimate of drug-likeness (QED) is 0.813. The molecule has 1 N–H and O–H groups in total. The molecule has 0 spiro atoms. The molecule has 26 heavy (non-hydrogen) atoms. The molecule has 0 radical (unpaired) electrons. The van der Waals surface area contributed by atoms with E-state index in [0.29, 0.717) is 17.1 Å². The molecule has 4 aliphatic rings. The van der Waals surface area contributed by atoms with E-state index in [0.717, 1.165) is 17.8 Å². The summed E-state index contributed by atoms with van der Waals surface area (Å²) in [4.78, 5) is 24.5. The van der Waals surface area contributed by atoms with Gasteiger partial charge in [0.05, 0.1) is 0 Å². The van der Waals surface area contributed by atoms with E-state index in [1.165, 1.54) is 38.5 Å². The minimum atomic E-state index is -0.503. The zero-order chi connectivity index (χ0) is 18.5. The molecule has 4 saturated carbocycles. The first-order chi connectivity index (χ1) is 12.3. The Morgan fingerprint density at radius 2 is 1.77 bits per heavy atom. The summed E-state index contributed by atoms with van der Waals surface area (Å²) >= 11 is 0. The fraction of sp³-hybridized carbons (Fsp3) is 0.714. The Kier molecular flexibility index (Phi) is 4.36. The first kappa shape index (κ1) is 17.6. The smallest absolute Gasteiger partial charge is 0.342 e. The molecule has 5 nitrogen and oxygen atoms in total. The van der Waals surface area contributed by atoms with Gasteiger partial charge in [-0.15, -0.1) is 0 Å². The molecule has 1 amide bonds. The van der Waals surface area contributed by atoms with Crippen LogP contribution >= 0.6 is 0 Å². The van der Waals surface area contributed by atoms with E-state index in [4.69, 9.17) is 9.15 Å². The van der Waals surface area contributed by atoms with Crippen molar-refractivity contribution in [3.63, 3.8) is 0 Å². The molecule has 4 fully saturated rings. The van der Waals surface area contributed by atoms with E-state index >= 15 is 0 Å². The molecular formula is C21H29NO4. The van der Waals surface area contributed by atoms with Crippen LogP contribution < -0.4 is 5.32 Å². The van der Waals surface area contributed by atoms with Crippen molar-refractivity contribution in [3.8, 4) is 0 Å². The zero-order valence-electron chi connectivity index (χ0n) is 16.0. The highest BCUT2D eigenvalue weighted by Crippen LogP contribution is 2.61. The van der Waals surface area contributed by atoms with E-state index in [1.54, 1.807) is 19.9 Å². The van der Waals surface area contributed by atoms with Gasteiger partial charge in [-0.1, -0.05) is 0 Å². The lowest BCUT2D eigenvalue weighted by Gasteiger charge is -2.59. The van der Waals surface area contributed by atoms with Crippen LogP contribution in [-0.4, -0.2) is 24.5 Å². The van der Waals surface area contributed by atoms with Gasteiger partial charge in [0.1, 0.15) is 17.1 Å². The van der Waals surface area contributed by atoms with Gasteiger partial charge in [0, 0.05) is 6.04 Å². The number of nitrogens with one attached hydrogen (secondary N) is 1. The molecule has 1 aromatic heterocycles. The van der Waals surface area contributed by atoms with Gasteiger partial charge >= 0.3 is 5.97 Å². The van der Waals surface area contributed by atoms with Crippen molar-refractivity contribution in [2.75, 3.05) is 6.61 Å². The number of aryl methyl sites for hydroxylation is 2. The van der Waals surface area contributed by atoms with Gasteiger partial charge in [-0.25, -0.2) is 4.79 Å². The largest absolute Gasteiger partial charge is 0.466 e. The summed E-state index contributed by atoms with van der Waals surface area (Å²) in [6.45, 7) is 5.40. The van der Waals surface area contributed by atoms with Gasteiger partial charge in [-0.2, -0.15) is 0 Å². The van der Waals surface area contributed by atoms with Crippen LogP contribution in [0, 0.1) is 37.0 Å². The minimum absolute atomic E-state index is 0.139. The molecule has 1 heterocycles. The predicted octanol–water partition coefficient (Wildman–Crippen LogP) is 3.77. The molecule has 0 aliphatic heterocycles. The van der Waals surface area contributed by atoms with Gasteiger partial charge in [-0.05, 0) is 88.5 Å². The highest BCUT2D eigenvalue weighted by molar-refractivity contribution is 5.92. The van der Waals surface area contributed by atoms with E-state index in [2.05, 4.69) is 12.2 Å². The lowest BCUT2D eigenvalue weighted by Crippen LogP contribution is -2.56. The second-order valence-corrected chi connectivity index (χ2v) is 8.97. The normalized spacial score (nSPS) is 33.1. The Morgan fingerprint density at radius 1 is 1.19 bits per heavy atom. The maximum absolute atomic E-state index is 12.4.